The maximum Gasteiger partial charge on any atom is 0.460 e. The molecule has 0 saturated carbocycles. The summed E-state index contributed by atoms with van der Waals surface area (Å²) in [4.78, 5) is 11.2. The van der Waals surface area contributed by atoms with Crippen molar-refractivity contribution in [3.8, 4) is 0 Å². The lowest BCUT2D eigenvalue weighted by Gasteiger charge is -2.26. The van der Waals surface area contributed by atoms with Gasteiger partial charge >= 0.3 is 23.9 Å². The van der Waals surface area contributed by atoms with Gasteiger partial charge in [0.1, 0.15) is 5.82 Å². The average Bonchev–Trinajstić information content (AvgIpc) is 2.92. The largest absolute Gasteiger partial charge is 0.460 e. The number of carbonyl (C=O) groups excluding carboxylic acids is 1. The quantitative estimate of drug-likeness (QED) is 0.793. The molecule has 1 amide bonds. The highest BCUT2D eigenvalue weighted by atomic mass is 19.4. The maximum atomic E-state index is 13.2. The molecule has 2 rings (SSSR count). The molecule has 0 bridgehead atoms. The molecular weight excluding hydrogens is 378 g/mol. The number of nitrogens with one attached hydrogen (secondary N) is 1. The SMILES string of the molecule is O=C(Nc1cnn(Cc2cccc(F)c2)c1)C(F)(F)C(F)(F)C(F)(F)F. The number of carbonyl (C=O) groups is 1. The average molecular weight is 387 g/mol. The number of rotatable bonds is 5. The number of halogens is 8. The van der Waals surface area contributed by atoms with Crippen molar-refractivity contribution in [2.45, 2.75) is 24.6 Å². The van der Waals surface area contributed by atoms with E-state index in [0.29, 0.717) is 5.56 Å². The number of hydrogen-bond acceptors (Lipinski definition) is 2. The first-order valence-corrected chi connectivity index (χ1v) is 6.75. The zero-order valence-corrected chi connectivity index (χ0v) is 12.5. The third-order valence-corrected chi connectivity index (χ3v) is 3.16. The van der Waals surface area contributed by atoms with E-state index in [2.05, 4.69) is 5.10 Å². The first kappa shape index (κ1) is 19.7. The van der Waals surface area contributed by atoms with Gasteiger partial charge in [0.2, 0.25) is 0 Å². The Morgan fingerprint density at radius 2 is 1.77 bits per heavy atom. The van der Waals surface area contributed by atoms with Gasteiger partial charge in [0.05, 0.1) is 18.4 Å². The van der Waals surface area contributed by atoms with Crippen LogP contribution in [-0.2, 0) is 11.3 Å². The van der Waals surface area contributed by atoms with Crippen LogP contribution in [0.25, 0.3) is 0 Å². The van der Waals surface area contributed by atoms with Crippen molar-refractivity contribution in [2.24, 2.45) is 0 Å². The second kappa shape index (κ2) is 6.57. The Hall–Kier alpha value is -2.66. The Bertz CT molecular complexity index is 799. The van der Waals surface area contributed by atoms with Crippen molar-refractivity contribution in [1.29, 1.82) is 0 Å². The molecule has 0 atom stereocenters. The summed E-state index contributed by atoms with van der Waals surface area (Å²) in [5, 5.41) is 4.86. The lowest BCUT2D eigenvalue weighted by Crippen LogP contribution is -2.57. The van der Waals surface area contributed by atoms with Crippen LogP contribution in [0.4, 0.5) is 40.8 Å². The van der Waals surface area contributed by atoms with Crippen molar-refractivity contribution in [2.75, 3.05) is 5.32 Å². The molecule has 0 fully saturated rings. The van der Waals surface area contributed by atoms with Gasteiger partial charge < -0.3 is 5.32 Å². The van der Waals surface area contributed by atoms with Crippen LogP contribution >= 0.6 is 0 Å². The van der Waals surface area contributed by atoms with Crippen molar-refractivity contribution in [1.82, 2.24) is 9.78 Å². The monoisotopic (exact) mass is 387 g/mol. The van der Waals surface area contributed by atoms with Gasteiger partial charge in [-0.3, -0.25) is 9.48 Å². The Balaban J connectivity index is 2.12. The fourth-order valence-corrected chi connectivity index (χ4v) is 1.87. The summed E-state index contributed by atoms with van der Waals surface area (Å²) >= 11 is 0. The minimum absolute atomic E-state index is 0.0667. The molecule has 0 unspecified atom stereocenters. The molecule has 1 N–H and O–H groups in total. The molecule has 142 valence electrons. The predicted molar refractivity (Wildman–Crippen MR) is 72.3 cm³/mol. The summed E-state index contributed by atoms with van der Waals surface area (Å²) < 4.78 is 102. The zero-order valence-electron chi connectivity index (χ0n) is 12.5. The van der Waals surface area contributed by atoms with E-state index >= 15 is 0 Å². The standard InChI is InChI=1S/C14H9F8N3O/c15-9-3-1-2-8(4-9)6-25-7-10(5-23-25)24-11(26)12(16,17)13(18,19)14(20,21)22/h1-5,7H,6H2,(H,24,26). The number of aromatic nitrogens is 2. The summed E-state index contributed by atoms with van der Waals surface area (Å²) in [5.74, 6) is -16.0. The molecular formula is C14H9F8N3O. The minimum Gasteiger partial charge on any atom is -0.318 e. The normalized spacial score (nSPS) is 12.9. The van der Waals surface area contributed by atoms with Gasteiger partial charge in [-0.05, 0) is 17.7 Å². The van der Waals surface area contributed by atoms with Crippen LogP contribution < -0.4 is 5.32 Å². The van der Waals surface area contributed by atoms with Crippen LogP contribution in [0.1, 0.15) is 5.56 Å². The van der Waals surface area contributed by atoms with Crippen LogP contribution in [0.2, 0.25) is 0 Å². The third kappa shape index (κ3) is 3.78. The summed E-state index contributed by atoms with van der Waals surface area (Å²) in [7, 11) is 0. The highest BCUT2D eigenvalue weighted by molar-refractivity contribution is 5.96. The van der Waals surface area contributed by atoms with E-state index in [0.717, 1.165) is 23.1 Å². The smallest absolute Gasteiger partial charge is 0.318 e. The summed E-state index contributed by atoms with van der Waals surface area (Å²) in [6.45, 7) is -0.0667. The summed E-state index contributed by atoms with van der Waals surface area (Å²) in [6, 6.07) is 5.19. The Labute approximate surface area is 140 Å². The van der Waals surface area contributed by atoms with Crippen LogP contribution in [0, 0.1) is 5.82 Å². The molecule has 0 spiro atoms. The second-order valence-corrected chi connectivity index (χ2v) is 5.16. The molecule has 0 radical (unpaired) electrons. The third-order valence-electron chi connectivity index (χ3n) is 3.16. The summed E-state index contributed by atoms with van der Waals surface area (Å²) in [6.07, 6.45) is -4.95. The van der Waals surface area contributed by atoms with E-state index in [1.165, 1.54) is 23.5 Å². The fraction of sp³-hybridized carbons (Fsp3) is 0.286. The maximum absolute atomic E-state index is 13.2. The molecule has 26 heavy (non-hydrogen) atoms. The van der Waals surface area contributed by atoms with E-state index in [4.69, 9.17) is 0 Å². The first-order valence-electron chi connectivity index (χ1n) is 6.75. The lowest BCUT2D eigenvalue weighted by atomic mass is 10.1. The number of amides is 1. The highest BCUT2D eigenvalue weighted by Crippen LogP contribution is 2.46. The van der Waals surface area contributed by atoms with E-state index in [1.807, 2.05) is 0 Å². The van der Waals surface area contributed by atoms with Crippen molar-refractivity contribution < 1.29 is 39.9 Å². The fourth-order valence-electron chi connectivity index (χ4n) is 1.87. The number of nitrogens with zero attached hydrogens (tertiary/aromatic N) is 2. The van der Waals surface area contributed by atoms with Crippen LogP contribution in [0.3, 0.4) is 0 Å². The van der Waals surface area contributed by atoms with Gasteiger partial charge in [-0.25, -0.2) is 4.39 Å². The second-order valence-electron chi connectivity index (χ2n) is 5.16. The van der Waals surface area contributed by atoms with E-state index < -0.39 is 35.4 Å². The molecule has 0 aliphatic heterocycles. The van der Waals surface area contributed by atoms with Crippen molar-refractivity contribution in [3.63, 3.8) is 0 Å². The van der Waals surface area contributed by atoms with Gasteiger partial charge in [0, 0.05) is 6.20 Å². The molecule has 4 nitrogen and oxygen atoms in total. The van der Waals surface area contributed by atoms with Gasteiger partial charge in [-0.15, -0.1) is 0 Å². The van der Waals surface area contributed by atoms with Crippen LogP contribution in [0.15, 0.2) is 36.7 Å². The Morgan fingerprint density at radius 1 is 1.12 bits per heavy atom. The zero-order chi connectivity index (χ0) is 19.8. The molecule has 0 saturated heterocycles. The molecule has 1 heterocycles. The van der Waals surface area contributed by atoms with Crippen molar-refractivity contribution >= 4 is 11.6 Å². The van der Waals surface area contributed by atoms with Crippen molar-refractivity contribution in [3.05, 3.63) is 48.0 Å². The molecule has 0 aliphatic rings. The number of benzene rings is 1. The number of hydrogen-bond donors (Lipinski definition) is 1. The van der Waals surface area contributed by atoms with Gasteiger partial charge in [-0.2, -0.15) is 35.8 Å². The molecule has 0 aliphatic carbocycles. The highest BCUT2D eigenvalue weighted by Gasteiger charge is 2.76. The molecule has 1 aromatic heterocycles. The van der Waals surface area contributed by atoms with Gasteiger partial charge in [-0.1, -0.05) is 12.1 Å². The number of anilines is 1. The Kier molecular flexibility index (Phi) is 4.97. The predicted octanol–water partition coefficient (Wildman–Crippen LogP) is 3.84. The topological polar surface area (TPSA) is 46.9 Å². The Morgan fingerprint density at radius 3 is 2.35 bits per heavy atom. The van der Waals surface area contributed by atoms with Crippen LogP contribution in [-0.4, -0.2) is 33.7 Å². The first-order chi connectivity index (χ1) is 11.8. The molecule has 12 heteroatoms. The van der Waals surface area contributed by atoms with E-state index in [-0.39, 0.29) is 6.54 Å². The molecule has 1 aromatic carbocycles. The minimum atomic E-state index is -6.62. The summed E-state index contributed by atoms with van der Waals surface area (Å²) in [5.41, 5.74) is -0.135. The molecule has 2 aromatic rings. The van der Waals surface area contributed by atoms with Gasteiger partial charge in [0.25, 0.3) is 0 Å². The lowest BCUT2D eigenvalue weighted by molar-refractivity contribution is -0.343. The van der Waals surface area contributed by atoms with E-state index in [1.54, 1.807) is 0 Å². The van der Waals surface area contributed by atoms with E-state index in [9.17, 15) is 39.9 Å². The van der Waals surface area contributed by atoms with Crippen LogP contribution in [0.5, 0.6) is 0 Å². The van der Waals surface area contributed by atoms with Gasteiger partial charge in [0.15, 0.2) is 0 Å². The number of alkyl halides is 7.